The Balaban J connectivity index is 2.91. The lowest BCUT2D eigenvalue weighted by Crippen LogP contribution is -2.47. The lowest BCUT2D eigenvalue weighted by Gasteiger charge is -2.36. The summed E-state index contributed by atoms with van der Waals surface area (Å²) in [5.74, 6) is 0.676. The molecule has 0 saturated heterocycles. The van der Waals surface area contributed by atoms with Crippen molar-refractivity contribution < 1.29 is 4.39 Å². The van der Waals surface area contributed by atoms with Gasteiger partial charge >= 0.3 is 0 Å². The molecule has 0 aliphatic carbocycles. The Hall–Kier alpha value is -0.970. The summed E-state index contributed by atoms with van der Waals surface area (Å²) in [5.41, 5.74) is 3.64. The monoisotopic (exact) mass is 242 g/mol. The van der Waals surface area contributed by atoms with Crippen LogP contribution in [0.25, 0.3) is 0 Å². The molecule has 4 nitrogen and oxygen atoms in total. The van der Waals surface area contributed by atoms with E-state index >= 15 is 0 Å². The van der Waals surface area contributed by atoms with E-state index in [1.165, 1.54) is 6.33 Å². The lowest BCUT2D eigenvalue weighted by atomic mass is 9.76. The highest BCUT2D eigenvalue weighted by Gasteiger charge is 2.42. The smallest absolute Gasteiger partial charge is 0.138 e. The highest BCUT2D eigenvalue weighted by atomic mass is 19.1. The molecule has 2 N–H and O–H groups in total. The number of nitrogens with zero attached hydrogens (tertiary/aromatic N) is 3. The van der Waals surface area contributed by atoms with Crippen LogP contribution in [0, 0.1) is 5.41 Å². The summed E-state index contributed by atoms with van der Waals surface area (Å²) < 4.78 is 16.6. The van der Waals surface area contributed by atoms with Crippen molar-refractivity contribution >= 4 is 0 Å². The van der Waals surface area contributed by atoms with E-state index in [0.717, 1.165) is 13.0 Å². The maximum atomic E-state index is 14.8. The van der Waals surface area contributed by atoms with E-state index in [1.807, 2.05) is 20.8 Å². The van der Waals surface area contributed by atoms with Gasteiger partial charge in [0.15, 0.2) is 0 Å². The first-order valence-corrected chi connectivity index (χ1v) is 6.09. The first-order chi connectivity index (χ1) is 7.84. The molecule has 0 saturated carbocycles. The second-order valence-electron chi connectivity index (χ2n) is 5.50. The fourth-order valence-electron chi connectivity index (χ4n) is 1.72. The fraction of sp³-hybridized carbons (Fsp3) is 0.833. The quantitative estimate of drug-likeness (QED) is 0.858. The highest BCUT2D eigenvalue weighted by molar-refractivity contribution is 5.01. The number of nitrogens with two attached hydrogens (primary N) is 1. The molecule has 1 aromatic heterocycles. The van der Waals surface area contributed by atoms with Gasteiger partial charge in [0.05, 0.1) is 0 Å². The van der Waals surface area contributed by atoms with Gasteiger partial charge in [0.25, 0.3) is 0 Å². The number of aryl methyl sites for hydroxylation is 1. The molecule has 5 heteroatoms. The summed E-state index contributed by atoms with van der Waals surface area (Å²) in [6.07, 6.45) is 2.64. The van der Waals surface area contributed by atoms with Crippen LogP contribution in [0.15, 0.2) is 6.33 Å². The van der Waals surface area contributed by atoms with Crippen molar-refractivity contribution in [2.45, 2.75) is 52.8 Å². The molecule has 0 bridgehead atoms. The molecular weight excluding hydrogens is 219 g/mol. The molecule has 1 aromatic rings. The zero-order chi connectivity index (χ0) is 13.1. The summed E-state index contributed by atoms with van der Waals surface area (Å²) >= 11 is 0. The Morgan fingerprint density at radius 1 is 1.41 bits per heavy atom. The van der Waals surface area contributed by atoms with Crippen molar-refractivity contribution in [3.8, 4) is 0 Å². The van der Waals surface area contributed by atoms with E-state index in [2.05, 4.69) is 17.0 Å². The lowest BCUT2D eigenvalue weighted by molar-refractivity contribution is 0.0352. The van der Waals surface area contributed by atoms with Gasteiger partial charge in [-0.25, -0.2) is 14.1 Å². The first-order valence-electron chi connectivity index (χ1n) is 6.09. The summed E-state index contributed by atoms with van der Waals surface area (Å²) in [6, 6.07) is 0. The molecular formula is C12H23FN4. The second kappa shape index (κ2) is 5.12. The summed E-state index contributed by atoms with van der Waals surface area (Å²) in [5, 5.41) is 4.10. The average molecular weight is 242 g/mol. The van der Waals surface area contributed by atoms with Gasteiger partial charge in [-0.15, -0.1) is 0 Å². The molecule has 1 unspecified atom stereocenters. The van der Waals surface area contributed by atoms with Crippen LogP contribution < -0.4 is 5.73 Å². The van der Waals surface area contributed by atoms with E-state index in [4.69, 9.17) is 5.73 Å². The van der Waals surface area contributed by atoms with Gasteiger partial charge in [-0.2, -0.15) is 5.10 Å². The molecule has 0 spiro atoms. The second-order valence-corrected chi connectivity index (χ2v) is 5.50. The number of halogens is 1. The van der Waals surface area contributed by atoms with Crippen LogP contribution in [0.1, 0.15) is 39.9 Å². The SMILES string of the molecule is CCCn1ncnc1CC(F)(CN)C(C)(C)C. The van der Waals surface area contributed by atoms with Crippen LogP contribution in [0.2, 0.25) is 0 Å². The first kappa shape index (κ1) is 14.1. The van der Waals surface area contributed by atoms with Crippen LogP contribution in [-0.2, 0) is 13.0 Å². The summed E-state index contributed by atoms with van der Waals surface area (Å²) in [7, 11) is 0. The van der Waals surface area contributed by atoms with Crippen molar-refractivity contribution in [3.05, 3.63) is 12.2 Å². The summed E-state index contributed by atoms with van der Waals surface area (Å²) in [6.45, 7) is 8.40. The third-order valence-corrected chi connectivity index (χ3v) is 3.24. The third-order valence-electron chi connectivity index (χ3n) is 3.24. The van der Waals surface area contributed by atoms with Gasteiger partial charge in [0.1, 0.15) is 17.8 Å². The van der Waals surface area contributed by atoms with Crippen molar-refractivity contribution in [2.75, 3.05) is 6.54 Å². The maximum absolute atomic E-state index is 14.8. The molecule has 0 amide bonds. The van der Waals surface area contributed by atoms with E-state index in [0.29, 0.717) is 5.82 Å². The van der Waals surface area contributed by atoms with Crippen LogP contribution in [0.4, 0.5) is 4.39 Å². The Kier molecular flexibility index (Phi) is 4.25. The zero-order valence-corrected chi connectivity index (χ0v) is 11.2. The van der Waals surface area contributed by atoms with Crippen molar-refractivity contribution in [2.24, 2.45) is 11.1 Å². The molecule has 0 fully saturated rings. The average Bonchev–Trinajstić information content (AvgIpc) is 2.64. The molecule has 0 aliphatic heterocycles. The van der Waals surface area contributed by atoms with E-state index in [-0.39, 0.29) is 13.0 Å². The van der Waals surface area contributed by atoms with Crippen LogP contribution >= 0.6 is 0 Å². The minimum atomic E-state index is -1.45. The fourth-order valence-corrected chi connectivity index (χ4v) is 1.72. The van der Waals surface area contributed by atoms with Gasteiger partial charge in [0, 0.05) is 19.5 Å². The molecule has 0 aromatic carbocycles. The predicted octanol–water partition coefficient (Wildman–Crippen LogP) is 1.94. The number of rotatable bonds is 5. The number of alkyl halides is 1. The van der Waals surface area contributed by atoms with Crippen molar-refractivity contribution in [3.63, 3.8) is 0 Å². The van der Waals surface area contributed by atoms with E-state index < -0.39 is 11.1 Å². The molecule has 17 heavy (non-hydrogen) atoms. The summed E-state index contributed by atoms with van der Waals surface area (Å²) in [4.78, 5) is 4.14. The Morgan fingerprint density at radius 2 is 2.06 bits per heavy atom. The molecule has 0 radical (unpaired) electrons. The Bertz CT molecular complexity index is 356. The number of aromatic nitrogens is 3. The predicted molar refractivity (Wildman–Crippen MR) is 66.4 cm³/mol. The largest absolute Gasteiger partial charge is 0.327 e. The minimum absolute atomic E-state index is 0.00448. The van der Waals surface area contributed by atoms with Gasteiger partial charge in [-0.3, -0.25) is 0 Å². The van der Waals surface area contributed by atoms with Crippen LogP contribution in [-0.4, -0.2) is 27.0 Å². The van der Waals surface area contributed by atoms with Crippen molar-refractivity contribution in [1.29, 1.82) is 0 Å². The highest BCUT2D eigenvalue weighted by Crippen LogP contribution is 2.35. The van der Waals surface area contributed by atoms with Gasteiger partial charge < -0.3 is 5.73 Å². The van der Waals surface area contributed by atoms with Gasteiger partial charge in [-0.1, -0.05) is 27.7 Å². The van der Waals surface area contributed by atoms with E-state index in [1.54, 1.807) is 4.68 Å². The molecule has 98 valence electrons. The molecule has 1 atom stereocenters. The number of hydrogen-bond donors (Lipinski definition) is 1. The third kappa shape index (κ3) is 3.03. The van der Waals surface area contributed by atoms with Crippen molar-refractivity contribution in [1.82, 2.24) is 14.8 Å². The Labute approximate surface area is 102 Å². The van der Waals surface area contributed by atoms with Crippen LogP contribution in [0.3, 0.4) is 0 Å². The van der Waals surface area contributed by atoms with Gasteiger partial charge in [-0.05, 0) is 11.8 Å². The Morgan fingerprint density at radius 3 is 2.53 bits per heavy atom. The normalized spacial score (nSPS) is 15.9. The topological polar surface area (TPSA) is 56.7 Å². The van der Waals surface area contributed by atoms with Gasteiger partial charge in [0.2, 0.25) is 0 Å². The number of hydrogen-bond acceptors (Lipinski definition) is 3. The standard InChI is InChI=1S/C12H23FN4/c1-5-6-17-10(15-9-16-17)7-12(13,8-14)11(2,3)4/h9H,5-8,14H2,1-4H3. The molecule has 1 rings (SSSR count). The minimum Gasteiger partial charge on any atom is -0.327 e. The zero-order valence-electron chi connectivity index (χ0n) is 11.2. The maximum Gasteiger partial charge on any atom is 0.138 e. The van der Waals surface area contributed by atoms with Crippen LogP contribution in [0.5, 0.6) is 0 Å². The molecule has 1 heterocycles. The molecule has 0 aliphatic rings. The van der Waals surface area contributed by atoms with E-state index in [9.17, 15) is 4.39 Å².